The molecule has 1 aliphatic rings. The van der Waals surface area contributed by atoms with Crippen LogP contribution in [0.1, 0.15) is 33.0 Å². The minimum atomic E-state index is 0.451. The molecular formula is C18H17Cl2NO. The first kappa shape index (κ1) is 15.4. The highest BCUT2D eigenvalue weighted by molar-refractivity contribution is 6.39. The van der Waals surface area contributed by atoms with Crippen molar-refractivity contribution in [2.24, 2.45) is 0 Å². The number of rotatable bonds is 3. The van der Waals surface area contributed by atoms with E-state index in [1.165, 1.54) is 11.1 Å². The van der Waals surface area contributed by atoms with E-state index in [9.17, 15) is 4.79 Å². The maximum atomic E-state index is 11.0. The van der Waals surface area contributed by atoms with Gasteiger partial charge in [-0.3, -0.25) is 4.79 Å². The third-order valence-electron chi connectivity index (χ3n) is 4.36. The van der Waals surface area contributed by atoms with Gasteiger partial charge in [0.05, 0.1) is 15.7 Å². The predicted molar refractivity (Wildman–Crippen MR) is 92.7 cm³/mol. The van der Waals surface area contributed by atoms with E-state index in [1.807, 2.05) is 31.2 Å². The molecule has 0 saturated carbocycles. The highest BCUT2D eigenvalue weighted by Gasteiger charge is 2.31. The molecule has 0 aliphatic carbocycles. The highest BCUT2D eigenvalue weighted by atomic mass is 35.5. The van der Waals surface area contributed by atoms with E-state index in [1.54, 1.807) is 0 Å². The van der Waals surface area contributed by atoms with Gasteiger partial charge in [-0.05, 0) is 48.7 Å². The molecule has 0 atom stereocenters. The molecule has 0 aromatic heterocycles. The number of carbonyl (C=O) groups excluding carboxylic acids is 1. The summed E-state index contributed by atoms with van der Waals surface area (Å²) in [5, 5.41) is 1.38. The SMILES string of the molecule is Cc1cc(C2CN(c3c(Cl)cccc3Cl)C2)c(C)cc1C=O. The van der Waals surface area contributed by atoms with Crippen LogP contribution in [0.4, 0.5) is 5.69 Å². The summed E-state index contributed by atoms with van der Waals surface area (Å²) in [7, 11) is 0. The van der Waals surface area contributed by atoms with Crippen molar-refractivity contribution < 1.29 is 4.79 Å². The lowest BCUT2D eigenvalue weighted by Gasteiger charge is -2.42. The van der Waals surface area contributed by atoms with Crippen molar-refractivity contribution in [2.75, 3.05) is 18.0 Å². The number of halogens is 2. The third-order valence-corrected chi connectivity index (χ3v) is 4.97. The molecule has 2 nitrogen and oxygen atoms in total. The van der Waals surface area contributed by atoms with Crippen molar-refractivity contribution in [1.29, 1.82) is 0 Å². The number of aryl methyl sites for hydroxylation is 2. The number of anilines is 1. The summed E-state index contributed by atoms with van der Waals surface area (Å²) in [6.45, 7) is 5.83. The molecule has 0 amide bonds. The molecule has 0 spiro atoms. The molecule has 4 heteroatoms. The van der Waals surface area contributed by atoms with Crippen molar-refractivity contribution in [3.05, 3.63) is 62.6 Å². The molecule has 1 aliphatic heterocycles. The fourth-order valence-corrected chi connectivity index (χ4v) is 3.71. The Labute approximate surface area is 140 Å². The quantitative estimate of drug-likeness (QED) is 0.734. The van der Waals surface area contributed by atoms with Gasteiger partial charge in [-0.2, -0.15) is 0 Å². The van der Waals surface area contributed by atoms with Crippen LogP contribution >= 0.6 is 23.2 Å². The van der Waals surface area contributed by atoms with Gasteiger partial charge in [0.25, 0.3) is 0 Å². The Morgan fingerprint density at radius 2 is 1.73 bits per heavy atom. The third kappa shape index (κ3) is 2.62. The van der Waals surface area contributed by atoms with Gasteiger partial charge in [-0.15, -0.1) is 0 Å². The zero-order chi connectivity index (χ0) is 15.9. The van der Waals surface area contributed by atoms with Gasteiger partial charge in [0.1, 0.15) is 6.29 Å². The number of para-hydroxylation sites is 1. The molecule has 114 valence electrons. The molecule has 1 fully saturated rings. The molecule has 2 aromatic rings. The minimum Gasteiger partial charge on any atom is -0.368 e. The van der Waals surface area contributed by atoms with E-state index < -0.39 is 0 Å². The maximum absolute atomic E-state index is 11.0. The summed E-state index contributed by atoms with van der Waals surface area (Å²) in [5.74, 6) is 0.451. The number of benzene rings is 2. The van der Waals surface area contributed by atoms with E-state index >= 15 is 0 Å². The smallest absolute Gasteiger partial charge is 0.150 e. The summed E-state index contributed by atoms with van der Waals surface area (Å²) in [6.07, 6.45) is 0.919. The first-order valence-electron chi connectivity index (χ1n) is 7.26. The Morgan fingerprint density at radius 1 is 1.09 bits per heavy atom. The van der Waals surface area contributed by atoms with Crippen molar-refractivity contribution in [1.82, 2.24) is 0 Å². The zero-order valence-corrected chi connectivity index (χ0v) is 14.1. The van der Waals surface area contributed by atoms with Crippen LogP contribution in [-0.4, -0.2) is 19.4 Å². The Hall–Kier alpha value is -1.51. The first-order valence-corrected chi connectivity index (χ1v) is 8.02. The summed E-state index contributed by atoms with van der Waals surface area (Å²) in [5.41, 5.74) is 5.20. The standard InChI is InChI=1S/C18H17Cl2NO/c1-11-7-15(12(2)6-13(11)10-22)14-8-21(9-14)18-16(19)4-3-5-17(18)20/h3-7,10,14H,8-9H2,1-2H3. The lowest BCUT2D eigenvalue weighted by atomic mass is 9.86. The number of aldehydes is 1. The monoisotopic (exact) mass is 333 g/mol. The van der Waals surface area contributed by atoms with Crippen LogP contribution in [0, 0.1) is 13.8 Å². The van der Waals surface area contributed by atoms with Crippen LogP contribution in [0.15, 0.2) is 30.3 Å². The van der Waals surface area contributed by atoms with E-state index in [4.69, 9.17) is 23.2 Å². The molecule has 1 heterocycles. The molecule has 3 rings (SSSR count). The van der Waals surface area contributed by atoms with Crippen LogP contribution in [0.25, 0.3) is 0 Å². The van der Waals surface area contributed by atoms with Crippen molar-refractivity contribution >= 4 is 35.2 Å². The summed E-state index contributed by atoms with van der Waals surface area (Å²) < 4.78 is 0. The van der Waals surface area contributed by atoms with Gasteiger partial charge in [-0.1, -0.05) is 35.3 Å². The fraction of sp³-hybridized carbons (Fsp3) is 0.278. The topological polar surface area (TPSA) is 20.3 Å². The molecular weight excluding hydrogens is 317 g/mol. The van der Waals surface area contributed by atoms with Crippen molar-refractivity contribution in [2.45, 2.75) is 19.8 Å². The van der Waals surface area contributed by atoms with Gasteiger partial charge in [0.2, 0.25) is 0 Å². The Kier molecular flexibility index (Phi) is 4.16. The maximum Gasteiger partial charge on any atom is 0.150 e. The Balaban J connectivity index is 1.82. The largest absolute Gasteiger partial charge is 0.368 e. The minimum absolute atomic E-state index is 0.451. The van der Waals surface area contributed by atoms with Gasteiger partial charge in [-0.25, -0.2) is 0 Å². The van der Waals surface area contributed by atoms with Crippen LogP contribution in [-0.2, 0) is 0 Å². The van der Waals surface area contributed by atoms with E-state index in [-0.39, 0.29) is 0 Å². The Morgan fingerprint density at radius 3 is 2.32 bits per heavy atom. The second kappa shape index (κ2) is 5.94. The van der Waals surface area contributed by atoms with Gasteiger partial charge in [0, 0.05) is 24.6 Å². The van der Waals surface area contributed by atoms with Gasteiger partial charge < -0.3 is 4.90 Å². The molecule has 0 N–H and O–H groups in total. The number of carbonyl (C=O) groups is 1. The fourth-order valence-electron chi connectivity index (χ4n) is 3.08. The summed E-state index contributed by atoms with van der Waals surface area (Å²) >= 11 is 12.5. The predicted octanol–water partition coefficient (Wildman–Crippen LogP) is 5.03. The number of hydrogen-bond acceptors (Lipinski definition) is 2. The number of nitrogens with zero attached hydrogens (tertiary/aromatic N) is 1. The van der Waals surface area contributed by atoms with Crippen molar-refractivity contribution in [3.63, 3.8) is 0 Å². The van der Waals surface area contributed by atoms with Crippen LogP contribution in [0.5, 0.6) is 0 Å². The van der Waals surface area contributed by atoms with E-state index in [0.29, 0.717) is 16.0 Å². The average molecular weight is 334 g/mol. The lowest BCUT2D eigenvalue weighted by Crippen LogP contribution is -2.45. The average Bonchev–Trinajstić information content (AvgIpc) is 2.43. The highest BCUT2D eigenvalue weighted by Crippen LogP contribution is 2.40. The molecule has 0 radical (unpaired) electrons. The van der Waals surface area contributed by atoms with Gasteiger partial charge >= 0.3 is 0 Å². The van der Waals surface area contributed by atoms with Crippen LogP contribution in [0.3, 0.4) is 0 Å². The normalized spacial score (nSPS) is 14.8. The Bertz CT molecular complexity index is 716. The van der Waals surface area contributed by atoms with Crippen LogP contribution < -0.4 is 4.90 Å². The summed E-state index contributed by atoms with van der Waals surface area (Å²) in [4.78, 5) is 13.2. The molecule has 0 bridgehead atoms. The zero-order valence-electron chi connectivity index (χ0n) is 12.6. The van der Waals surface area contributed by atoms with E-state index in [2.05, 4.69) is 17.9 Å². The van der Waals surface area contributed by atoms with Gasteiger partial charge in [0.15, 0.2) is 0 Å². The molecule has 1 saturated heterocycles. The summed E-state index contributed by atoms with van der Waals surface area (Å²) in [6, 6.07) is 9.70. The van der Waals surface area contributed by atoms with E-state index in [0.717, 1.165) is 36.2 Å². The lowest BCUT2D eigenvalue weighted by molar-refractivity contribution is 0.112. The first-order chi connectivity index (χ1) is 10.5. The molecule has 2 aromatic carbocycles. The van der Waals surface area contributed by atoms with Crippen LogP contribution in [0.2, 0.25) is 10.0 Å². The molecule has 0 unspecified atom stereocenters. The van der Waals surface area contributed by atoms with Crippen molar-refractivity contribution in [3.8, 4) is 0 Å². The second-order valence-electron chi connectivity index (χ2n) is 5.86. The second-order valence-corrected chi connectivity index (χ2v) is 6.67. The number of hydrogen-bond donors (Lipinski definition) is 0. The molecule has 22 heavy (non-hydrogen) atoms.